The molecule has 4 saturated heterocycles. The number of piperidine rings is 1. The van der Waals surface area contributed by atoms with Crippen molar-refractivity contribution < 1.29 is 9.53 Å². The van der Waals surface area contributed by atoms with Gasteiger partial charge in [0, 0.05) is 32.2 Å². The maximum atomic E-state index is 12.5. The largest absolute Gasteiger partial charge is 0.372 e. The molecule has 0 aromatic heterocycles. The summed E-state index contributed by atoms with van der Waals surface area (Å²) in [5, 5.41) is 3.59. The van der Waals surface area contributed by atoms with Gasteiger partial charge in [0.25, 0.3) is 0 Å². The summed E-state index contributed by atoms with van der Waals surface area (Å²) in [6, 6.07) is 0.587. The van der Waals surface area contributed by atoms with Crippen molar-refractivity contribution >= 4 is 30.7 Å². The molecule has 1 amide bonds. The van der Waals surface area contributed by atoms with Crippen molar-refractivity contribution in [3.8, 4) is 0 Å². The molecule has 0 unspecified atom stereocenters. The summed E-state index contributed by atoms with van der Waals surface area (Å²) in [7, 11) is 0. The molecule has 4 aliphatic heterocycles. The second-order valence-corrected chi connectivity index (χ2v) is 6.80. The lowest BCUT2D eigenvalue weighted by Gasteiger charge is -2.36. The van der Waals surface area contributed by atoms with Gasteiger partial charge >= 0.3 is 0 Å². The Morgan fingerprint density at radius 1 is 1.09 bits per heavy atom. The number of fused-ring (bicyclic) bond motifs is 4. The van der Waals surface area contributed by atoms with E-state index in [0.717, 1.165) is 38.6 Å². The van der Waals surface area contributed by atoms with Crippen molar-refractivity contribution in [1.82, 2.24) is 15.1 Å². The van der Waals surface area contributed by atoms with Crippen molar-refractivity contribution in [3.05, 3.63) is 0 Å². The zero-order chi connectivity index (χ0) is 14.1. The highest BCUT2D eigenvalue weighted by Crippen LogP contribution is 2.21. The van der Waals surface area contributed by atoms with Crippen LogP contribution in [0.25, 0.3) is 0 Å². The van der Waals surface area contributed by atoms with E-state index in [9.17, 15) is 4.79 Å². The Hall–Kier alpha value is -0.0700. The van der Waals surface area contributed by atoms with E-state index < -0.39 is 0 Å². The van der Waals surface area contributed by atoms with Gasteiger partial charge in [-0.15, -0.1) is 24.8 Å². The van der Waals surface area contributed by atoms with Gasteiger partial charge in [-0.1, -0.05) is 0 Å². The Balaban J connectivity index is 0.00000121. The molecule has 4 rings (SSSR count). The first-order chi connectivity index (χ1) is 9.60. The van der Waals surface area contributed by atoms with Gasteiger partial charge in [-0.25, -0.2) is 0 Å². The lowest BCUT2D eigenvalue weighted by atomic mass is 9.97. The molecular weight excluding hydrogens is 325 g/mol. The van der Waals surface area contributed by atoms with Crippen LogP contribution in [0, 0.1) is 5.92 Å². The summed E-state index contributed by atoms with van der Waals surface area (Å²) in [6.45, 7) is 9.37. The van der Waals surface area contributed by atoms with Gasteiger partial charge in [0.1, 0.15) is 0 Å². The molecule has 5 nitrogen and oxygen atoms in total. The number of hydrogen-bond donors (Lipinski definition) is 1. The highest BCUT2D eigenvalue weighted by Gasteiger charge is 2.32. The molecule has 1 N–H and O–H groups in total. The fraction of sp³-hybridized carbons (Fsp3) is 0.933. The van der Waals surface area contributed by atoms with Crippen LogP contribution in [-0.2, 0) is 9.53 Å². The minimum absolute atomic E-state index is 0. The quantitative estimate of drug-likeness (QED) is 0.808. The van der Waals surface area contributed by atoms with Gasteiger partial charge in [0.2, 0.25) is 5.91 Å². The summed E-state index contributed by atoms with van der Waals surface area (Å²) < 4.78 is 5.70. The molecule has 0 saturated carbocycles. The topological polar surface area (TPSA) is 44.8 Å². The summed E-state index contributed by atoms with van der Waals surface area (Å²) in [4.78, 5) is 16.9. The molecule has 4 fully saturated rings. The van der Waals surface area contributed by atoms with Crippen LogP contribution < -0.4 is 5.32 Å². The number of morpholine rings is 1. The van der Waals surface area contributed by atoms with E-state index in [-0.39, 0.29) is 42.9 Å². The minimum Gasteiger partial charge on any atom is -0.372 e. The first-order valence-corrected chi connectivity index (χ1v) is 7.99. The first kappa shape index (κ1) is 20.0. The number of halogens is 2. The van der Waals surface area contributed by atoms with Crippen LogP contribution in [0.3, 0.4) is 0 Å². The number of nitrogens with one attached hydrogen (secondary N) is 1. The zero-order valence-electron chi connectivity index (χ0n) is 13.5. The van der Waals surface area contributed by atoms with Gasteiger partial charge in [-0.05, 0) is 39.2 Å². The lowest BCUT2D eigenvalue weighted by molar-refractivity contribution is -0.144. The second kappa shape index (κ2) is 8.69. The molecule has 4 atom stereocenters. The Kier molecular flexibility index (Phi) is 7.89. The summed E-state index contributed by atoms with van der Waals surface area (Å²) >= 11 is 0. The van der Waals surface area contributed by atoms with E-state index >= 15 is 0 Å². The summed E-state index contributed by atoms with van der Waals surface area (Å²) in [5.41, 5.74) is 0. The van der Waals surface area contributed by atoms with Crippen molar-refractivity contribution in [1.29, 1.82) is 0 Å². The molecule has 0 aromatic rings. The maximum absolute atomic E-state index is 12.5. The van der Waals surface area contributed by atoms with Crippen LogP contribution in [0.1, 0.15) is 26.7 Å². The molecule has 0 aliphatic carbocycles. The Labute approximate surface area is 145 Å². The Morgan fingerprint density at radius 2 is 1.77 bits per heavy atom. The molecule has 4 heterocycles. The van der Waals surface area contributed by atoms with Crippen molar-refractivity contribution in [3.63, 3.8) is 0 Å². The van der Waals surface area contributed by atoms with Gasteiger partial charge < -0.3 is 15.0 Å². The summed E-state index contributed by atoms with van der Waals surface area (Å²) in [5.74, 6) is 0.998. The Bertz CT molecular complexity index is 341. The van der Waals surface area contributed by atoms with E-state index in [0.29, 0.717) is 12.6 Å². The van der Waals surface area contributed by atoms with E-state index in [1.165, 1.54) is 12.8 Å². The number of ether oxygens (including phenoxy) is 1. The highest BCUT2D eigenvalue weighted by molar-refractivity contribution is 5.85. The number of nitrogens with zero attached hydrogens (tertiary/aromatic N) is 2. The smallest absolute Gasteiger partial charge is 0.236 e. The average Bonchev–Trinajstić information content (AvgIpc) is 2.69. The molecule has 2 bridgehead atoms. The van der Waals surface area contributed by atoms with Crippen LogP contribution in [0.5, 0.6) is 0 Å². The van der Waals surface area contributed by atoms with Crippen LogP contribution in [0.4, 0.5) is 0 Å². The monoisotopic (exact) mass is 353 g/mol. The van der Waals surface area contributed by atoms with Gasteiger partial charge in [0.15, 0.2) is 0 Å². The number of carbonyl (C=O) groups is 1. The second-order valence-electron chi connectivity index (χ2n) is 6.80. The van der Waals surface area contributed by atoms with E-state index in [4.69, 9.17) is 4.74 Å². The predicted molar refractivity (Wildman–Crippen MR) is 92.0 cm³/mol. The maximum Gasteiger partial charge on any atom is 0.236 e. The predicted octanol–water partition coefficient (Wildman–Crippen LogP) is 1.15. The third-order valence-corrected chi connectivity index (χ3v) is 4.74. The van der Waals surface area contributed by atoms with E-state index in [2.05, 4.69) is 10.2 Å². The molecule has 0 radical (unpaired) electrons. The van der Waals surface area contributed by atoms with E-state index in [1.54, 1.807) is 0 Å². The Morgan fingerprint density at radius 3 is 2.36 bits per heavy atom. The molecular formula is C15H29Cl2N3O2. The van der Waals surface area contributed by atoms with Crippen LogP contribution in [0.2, 0.25) is 0 Å². The number of carbonyl (C=O) groups excluding carboxylic acids is 1. The van der Waals surface area contributed by atoms with Crippen LogP contribution in [0.15, 0.2) is 0 Å². The van der Waals surface area contributed by atoms with Gasteiger partial charge in [-0.2, -0.15) is 0 Å². The standard InChI is InChI=1S/C15H27N3O2.2ClH/c1-11-6-18(7-12(2)20-11)15(19)10-17-8-13-3-4-14(9-17)16-5-13;;/h11-14,16H,3-10H2,1-2H3;2*1H/t11-,12+,13-,14-;;/m0../s1. The molecule has 0 aromatic carbocycles. The fourth-order valence-corrected chi connectivity index (χ4v) is 3.84. The van der Waals surface area contributed by atoms with Crippen molar-refractivity contribution in [2.24, 2.45) is 5.92 Å². The normalized spacial score (nSPS) is 35.3. The van der Waals surface area contributed by atoms with Crippen molar-refractivity contribution in [2.45, 2.75) is 44.9 Å². The van der Waals surface area contributed by atoms with Gasteiger partial charge in [-0.3, -0.25) is 9.69 Å². The molecule has 22 heavy (non-hydrogen) atoms. The number of hydrogen-bond acceptors (Lipinski definition) is 4. The molecule has 4 aliphatic rings. The SMILES string of the molecule is C[C@@H]1CN(C(=O)CN2C[C@H]3CC[C@@H](C2)NC3)C[C@H](C)O1.Cl.Cl. The third kappa shape index (κ3) is 4.96. The van der Waals surface area contributed by atoms with Crippen molar-refractivity contribution in [2.75, 3.05) is 39.3 Å². The first-order valence-electron chi connectivity index (χ1n) is 7.99. The average molecular weight is 354 g/mol. The van der Waals surface area contributed by atoms with Gasteiger partial charge in [0.05, 0.1) is 18.8 Å². The third-order valence-electron chi connectivity index (χ3n) is 4.74. The zero-order valence-corrected chi connectivity index (χ0v) is 15.1. The van der Waals surface area contributed by atoms with Crippen LogP contribution >= 0.6 is 24.8 Å². The molecule has 130 valence electrons. The molecule has 7 heteroatoms. The highest BCUT2D eigenvalue weighted by atomic mass is 35.5. The van der Waals surface area contributed by atoms with E-state index in [1.807, 2.05) is 18.7 Å². The lowest BCUT2D eigenvalue weighted by Crippen LogP contribution is -2.51. The fourth-order valence-electron chi connectivity index (χ4n) is 3.84. The number of amides is 1. The number of rotatable bonds is 2. The minimum atomic E-state index is 0. The summed E-state index contributed by atoms with van der Waals surface area (Å²) in [6.07, 6.45) is 2.89. The molecule has 0 spiro atoms. The van der Waals surface area contributed by atoms with Crippen LogP contribution in [-0.4, -0.2) is 73.2 Å².